The molecular formula is C26H26N4O5S2. The van der Waals surface area contributed by atoms with Crippen LogP contribution in [-0.2, 0) is 32.5 Å². The Hall–Kier alpha value is -3.38. The molecule has 2 aromatic carbocycles. The lowest BCUT2D eigenvalue weighted by molar-refractivity contribution is -0.116. The van der Waals surface area contributed by atoms with Crippen molar-refractivity contribution in [3.63, 3.8) is 0 Å². The van der Waals surface area contributed by atoms with Crippen molar-refractivity contribution in [2.75, 3.05) is 31.6 Å². The van der Waals surface area contributed by atoms with Crippen molar-refractivity contribution in [2.45, 2.75) is 24.8 Å². The molecule has 1 aliphatic heterocycles. The zero-order valence-electron chi connectivity index (χ0n) is 20.2. The van der Waals surface area contributed by atoms with Gasteiger partial charge in [0.05, 0.1) is 29.8 Å². The van der Waals surface area contributed by atoms with E-state index in [9.17, 15) is 18.0 Å². The summed E-state index contributed by atoms with van der Waals surface area (Å²) in [7, 11) is -3.62. The molecule has 0 bridgehead atoms. The Morgan fingerprint density at radius 3 is 2.46 bits per heavy atom. The predicted molar refractivity (Wildman–Crippen MR) is 143 cm³/mol. The van der Waals surface area contributed by atoms with Gasteiger partial charge in [-0.05, 0) is 41.8 Å². The maximum Gasteiger partial charge on any atom is 0.263 e. The van der Waals surface area contributed by atoms with Crippen molar-refractivity contribution in [3.05, 3.63) is 76.2 Å². The molecule has 0 aliphatic carbocycles. The average Bonchev–Trinajstić information content (AvgIpc) is 3.36. The number of hydrogen-bond acceptors (Lipinski definition) is 7. The third-order valence-corrected chi connectivity index (χ3v) is 9.09. The Bertz CT molecular complexity index is 1590. The summed E-state index contributed by atoms with van der Waals surface area (Å²) in [5.74, 6) is -0.420. The number of sulfonamides is 1. The smallest absolute Gasteiger partial charge is 0.263 e. The Labute approximate surface area is 218 Å². The first kappa shape index (κ1) is 25.3. The molecule has 5 rings (SSSR count). The SMILES string of the molecule is CCc1ccc(-c2csc3ncn(CC(=O)Nc4ccc(S(=O)(=O)N5CCOCC5)cc4)c(=O)c23)cc1. The maximum atomic E-state index is 13.3. The molecule has 1 aliphatic rings. The van der Waals surface area contributed by atoms with Gasteiger partial charge in [-0.1, -0.05) is 31.2 Å². The van der Waals surface area contributed by atoms with Gasteiger partial charge >= 0.3 is 0 Å². The van der Waals surface area contributed by atoms with E-state index >= 15 is 0 Å². The minimum atomic E-state index is -3.62. The van der Waals surface area contributed by atoms with Crippen molar-refractivity contribution in [1.29, 1.82) is 0 Å². The van der Waals surface area contributed by atoms with E-state index in [0.29, 0.717) is 42.2 Å². The second kappa shape index (κ2) is 10.5. The molecule has 1 amide bonds. The second-order valence-electron chi connectivity index (χ2n) is 8.65. The minimum Gasteiger partial charge on any atom is -0.379 e. The number of thiophene rings is 1. The van der Waals surface area contributed by atoms with Crippen molar-refractivity contribution >= 4 is 43.2 Å². The Kier molecular flexibility index (Phi) is 7.20. The summed E-state index contributed by atoms with van der Waals surface area (Å²) in [5.41, 5.74) is 3.08. The number of fused-ring (bicyclic) bond motifs is 1. The van der Waals surface area contributed by atoms with Crippen LogP contribution in [0.4, 0.5) is 5.69 Å². The zero-order chi connectivity index (χ0) is 26.0. The molecule has 4 aromatic rings. The van der Waals surface area contributed by atoms with E-state index in [1.165, 1.54) is 56.4 Å². The maximum absolute atomic E-state index is 13.3. The molecule has 2 aromatic heterocycles. The van der Waals surface area contributed by atoms with Gasteiger partial charge < -0.3 is 10.1 Å². The molecule has 0 spiro atoms. The van der Waals surface area contributed by atoms with Gasteiger partial charge in [0.15, 0.2) is 0 Å². The number of aryl methyl sites for hydroxylation is 1. The summed E-state index contributed by atoms with van der Waals surface area (Å²) in [5, 5.41) is 5.13. The number of benzene rings is 2. The topological polar surface area (TPSA) is 111 Å². The lowest BCUT2D eigenvalue weighted by Gasteiger charge is -2.26. The number of nitrogens with one attached hydrogen (secondary N) is 1. The van der Waals surface area contributed by atoms with Gasteiger partial charge in [0.1, 0.15) is 11.4 Å². The van der Waals surface area contributed by atoms with E-state index in [1.54, 1.807) is 0 Å². The van der Waals surface area contributed by atoms with Crippen LogP contribution in [0, 0.1) is 0 Å². The van der Waals surface area contributed by atoms with E-state index in [2.05, 4.69) is 17.2 Å². The molecule has 192 valence electrons. The summed E-state index contributed by atoms with van der Waals surface area (Å²) < 4.78 is 33.5. The van der Waals surface area contributed by atoms with E-state index in [4.69, 9.17) is 4.74 Å². The number of aromatic nitrogens is 2. The fourth-order valence-corrected chi connectivity index (χ4v) is 6.53. The largest absolute Gasteiger partial charge is 0.379 e. The molecule has 0 radical (unpaired) electrons. The molecule has 0 saturated carbocycles. The number of amides is 1. The van der Waals surface area contributed by atoms with Crippen LogP contribution in [-0.4, -0.2) is 54.5 Å². The van der Waals surface area contributed by atoms with Gasteiger partial charge in [-0.2, -0.15) is 4.31 Å². The van der Waals surface area contributed by atoms with Crippen molar-refractivity contribution < 1.29 is 17.9 Å². The highest BCUT2D eigenvalue weighted by Gasteiger charge is 2.26. The number of carbonyl (C=O) groups excluding carboxylic acids is 1. The lowest BCUT2D eigenvalue weighted by Crippen LogP contribution is -2.40. The van der Waals surface area contributed by atoms with Gasteiger partial charge in [0.25, 0.3) is 5.56 Å². The van der Waals surface area contributed by atoms with Crippen LogP contribution >= 0.6 is 11.3 Å². The van der Waals surface area contributed by atoms with Crippen LogP contribution < -0.4 is 10.9 Å². The Morgan fingerprint density at radius 2 is 1.78 bits per heavy atom. The van der Waals surface area contributed by atoms with E-state index < -0.39 is 15.9 Å². The molecule has 0 unspecified atom stereocenters. The number of rotatable bonds is 7. The molecule has 9 nitrogen and oxygen atoms in total. The van der Waals surface area contributed by atoms with E-state index in [-0.39, 0.29) is 17.0 Å². The van der Waals surface area contributed by atoms with Crippen LogP contribution in [0.1, 0.15) is 12.5 Å². The number of anilines is 1. The Balaban J connectivity index is 1.32. The lowest BCUT2D eigenvalue weighted by atomic mass is 10.0. The molecule has 1 N–H and O–H groups in total. The predicted octanol–water partition coefficient (Wildman–Crippen LogP) is 3.35. The van der Waals surface area contributed by atoms with Gasteiger partial charge in [-0.15, -0.1) is 11.3 Å². The van der Waals surface area contributed by atoms with E-state index in [0.717, 1.165) is 17.5 Å². The Morgan fingerprint density at radius 1 is 1.08 bits per heavy atom. The average molecular weight is 539 g/mol. The monoisotopic (exact) mass is 538 g/mol. The summed E-state index contributed by atoms with van der Waals surface area (Å²) >= 11 is 1.39. The third kappa shape index (κ3) is 5.21. The van der Waals surface area contributed by atoms with Gasteiger partial charge in [-0.3, -0.25) is 14.2 Å². The quantitative estimate of drug-likeness (QED) is 0.386. The normalized spacial score (nSPS) is 14.6. The summed E-state index contributed by atoms with van der Waals surface area (Å²) in [6.45, 7) is 3.22. The van der Waals surface area contributed by atoms with Crippen LogP contribution in [0.25, 0.3) is 21.3 Å². The molecule has 37 heavy (non-hydrogen) atoms. The summed E-state index contributed by atoms with van der Waals surface area (Å²) in [6.07, 6.45) is 2.31. The highest BCUT2D eigenvalue weighted by atomic mass is 32.2. The fraction of sp³-hybridized carbons (Fsp3) is 0.269. The van der Waals surface area contributed by atoms with Crippen molar-refractivity contribution in [3.8, 4) is 11.1 Å². The highest BCUT2D eigenvalue weighted by Crippen LogP contribution is 2.30. The first-order valence-electron chi connectivity index (χ1n) is 11.9. The minimum absolute atomic E-state index is 0.148. The molecule has 11 heteroatoms. The highest BCUT2D eigenvalue weighted by molar-refractivity contribution is 7.89. The molecule has 3 heterocycles. The van der Waals surface area contributed by atoms with Crippen molar-refractivity contribution in [2.24, 2.45) is 0 Å². The van der Waals surface area contributed by atoms with Crippen LogP contribution in [0.3, 0.4) is 0 Å². The second-order valence-corrected chi connectivity index (χ2v) is 11.4. The van der Waals surface area contributed by atoms with Gasteiger partial charge in [-0.25, -0.2) is 13.4 Å². The summed E-state index contributed by atoms with van der Waals surface area (Å²) in [6, 6.07) is 14.1. The first-order valence-corrected chi connectivity index (χ1v) is 14.2. The van der Waals surface area contributed by atoms with Crippen LogP contribution in [0.2, 0.25) is 0 Å². The standard InChI is InChI=1S/C26H26N4O5S2/c1-2-18-3-5-19(6-4-18)22-16-36-25-24(22)26(32)29(17-27-25)15-23(31)28-20-7-9-21(10-8-20)37(33,34)30-11-13-35-14-12-30/h3-10,16-17H,2,11-15H2,1H3,(H,28,31). The van der Waals surface area contributed by atoms with Crippen molar-refractivity contribution in [1.82, 2.24) is 13.9 Å². The van der Waals surface area contributed by atoms with Crippen LogP contribution in [0.5, 0.6) is 0 Å². The van der Waals surface area contributed by atoms with Gasteiger partial charge in [0.2, 0.25) is 15.9 Å². The zero-order valence-corrected chi connectivity index (χ0v) is 21.8. The number of ether oxygens (including phenoxy) is 1. The van der Waals surface area contributed by atoms with E-state index in [1.807, 2.05) is 29.6 Å². The van der Waals surface area contributed by atoms with Crippen LogP contribution in [0.15, 0.2) is 69.9 Å². The molecular weight excluding hydrogens is 512 g/mol. The molecule has 1 saturated heterocycles. The number of hydrogen-bond donors (Lipinski definition) is 1. The number of carbonyl (C=O) groups is 1. The third-order valence-electron chi connectivity index (χ3n) is 6.29. The number of nitrogens with zero attached hydrogens (tertiary/aromatic N) is 3. The fourth-order valence-electron chi connectivity index (χ4n) is 4.21. The van der Waals surface area contributed by atoms with Gasteiger partial charge in [0, 0.05) is 29.7 Å². The first-order chi connectivity index (χ1) is 17.9. The molecule has 0 atom stereocenters. The number of morpholine rings is 1. The molecule has 1 fully saturated rings. The summed E-state index contributed by atoms with van der Waals surface area (Å²) in [4.78, 5) is 31.1.